The van der Waals surface area contributed by atoms with Gasteiger partial charge >= 0.3 is 0 Å². The highest BCUT2D eigenvalue weighted by atomic mass is 32.1. The largest absolute Gasteiger partial charge is 0.301 e. The number of piperidine rings is 3. The number of hydrogen-bond acceptors (Lipinski definition) is 4. The van der Waals surface area contributed by atoms with Crippen LogP contribution in [0.25, 0.3) is 21.0 Å². The second-order valence-electron chi connectivity index (χ2n) is 7.28. The minimum Gasteiger partial charge on any atom is -0.301 e. The SMILES string of the molecule is FCc1ccc(-c2ccc(-c3cn(C4CN5CCC4CC5)nn3)s2)cc1. The van der Waals surface area contributed by atoms with Gasteiger partial charge in [-0.2, -0.15) is 0 Å². The Bertz CT molecular complexity index is 893. The molecule has 2 aromatic heterocycles. The fourth-order valence-electron chi connectivity index (χ4n) is 4.17. The zero-order valence-electron chi connectivity index (χ0n) is 14.5. The predicted octanol–water partition coefficient (Wildman–Crippen LogP) is 4.41. The van der Waals surface area contributed by atoms with Gasteiger partial charge in [-0.25, -0.2) is 9.07 Å². The molecule has 3 aromatic rings. The van der Waals surface area contributed by atoms with Crippen molar-refractivity contribution >= 4 is 11.3 Å². The van der Waals surface area contributed by atoms with Gasteiger partial charge in [0.2, 0.25) is 0 Å². The standard InChI is InChI=1S/C20H21FN4S/c21-11-14-1-3-16(4-2-14)19-5-6-20(26-19)17-12-25(23-22-17)18-13-24-9-7-15(18)8-10-24/h1-6,12,15,18H,7-11,13H2. The quantitative estimate of drug-likeness (QED) is 0.684. The number of nitrogens with zero attached hydrogens (tertiary/aromatic N) is 4. The van der Waals surface area contributed by atoms with Crippen LogP contribution in [0.4, 0.5) is 4.39 Å². The molecular weight excluding hydrogens is 347 g/mol. The van der Waals surface area contributed by atoms with Crippen LogP contribution in [-0.2, 0) is 6.67 Å². The Hall–Kier alpha value is -2.05. The van der Waals surface area contributed by atoms with E-state index in [1.807, 2.05) is 24.3 Å². The summed E-state index contributed by atoms with van der Waals surface area (Å²) < 4.78 is 14.8. The van der Waals surface area contributed by atoms with Gasteiger partial charge in [0.15, 0.2) is 0 Å². The van der Waals surface area contributed by atoms with Crippen molar-refractivity contribution in [2.24, 2.45) is 5.92 Å². The van der Waals surface area contributed by atoms with Crippen LogP contribution < -0.4 is 0 Å². The lowest BCUT2D eigenvalue weighted by Gasteiger charge is -2.44. The molecule has 6 rings (SSSR count). The summed E-state index contributed by atoms with van der Waals surface area (Å²) in [4.78, 5) is 4.83. The molecule has 134 valence electrons. The molecule has 3 saturated heterocycles. The van der Waals surface area contributed by atoms with Gasteiger partial charge in [0.05, 0.1) is 17.1 Å². The highest BCUT2D eigenvalue weighted by Crippen LogP contribution is 2.37. The average molecular weight is 368 g/mol. The molecule has 26 heavy (non-hydrogen) atoms. The second-order valence-corrected chi connectivity index (χ2v) is 8.37. The van der Waals surface area contributed by atoms with Crippen LogP contribution in [0.2, 0.25) is 0 Å². The Balaban J connectivity index is 1.37. The molecule has 3 aliphatic heterocycles. The highest BCUT2D eigenvalue weighted by molar-refractivity contribution is 7.18. The summed E-state index contributed by atoms with van der Waals surface area (Å²) in [5.74, 6) is 0.738. The van der Waals surface area contributed by atoms with Crippen molar-refractivity contribution in [2.45, 2.75) is 25.6 Å². The lowest BCUT2D eigenvalue weighted by atomic mass is 9.84. The Morgan fingerprint density at radius 2 is 1.81 bits per heavy atom. The fraction of sp³-hybridized carbons (Fsp3) is 0.400. The molecule has 6 heteroatoms. The fourth-order valence-corrected chi connectivity index (χ4v) is 5.14. The van der Waals surface area contributed by atoms with E-state index in [-0.39, 0.29) is 0 Å². The van der Waals surface area contributed by atoms with Crippen molar-refractivity contribution in [1.82, 2.24) is 19.9 Å². The van der Waals surface area contributed by atoms with Gasteiger partial charge in [-0.15, -0.1) is 16.4 Å². The van der Waals surface area contributed by atoms with Crippen molar-refractivity contribution in [2.75, 3.05) is 19.6 Å². The number of fused-ring (bicyclic) bond motifs is 3. The Kier molecular flexibility index (Phi) is 4.10. The molecule has 0 saturated carbocycles. The van der Waals surface area contributed by atoms with Gasteiger partial charge in [-0.05, 0) is 55.1 Å². The summed E-state index contributed by atoms with van der Waals surface area (Å²) >= 11 is 1.71. The average Bonchev–Trinajstić information content (AvgIpc) is 3.38. The Morgan fingerprint density at radius 3 is 2.50 bits per heavy atom. The van der Waals surface area contributed by atoms with Gasteiger partial charge < -0.3 is 4.90 Å². The second kappa shape index (κ2) is 6.59. The highest BCUT2D eigenvalue weighted by Gasteiger charge is 2.35. The zero-order chi connectivity index (χ0) is 17.5. The van der Waals surface area contributed by atoms with E-state index in [4.69, 9.17) is 0 Å². The van der Waals surface area contributed by atoms with Crippen molar-refractivity contribution in [3.63, 3.8) is 0 Å². The van der Waals surface area contributed by atoms with Crippen molar-refractivity contribution < 1.29 is 4.39 Å². The molecule has 5 heterocycles. The van der Waals surface area contributed by atoms with E-state index in [1.165, 1.54) is 30.8 Å². The number of benzene rings is 1. The van der Waals surface area contributed by atoms with E-state index in [9.17, 15) is 4.39 Å². The van der Waals surface area contributed by atoms with Crippen LogP contribution in [0.3, 0.4) is 0 Å². The number of halogens is 1. The molecule has 0 radical (unpaired) electrons. The van der Waals surface area contributed by atoms with Crippen molar-refractivity contribution in [3.8, 4) is 21.0 Å². The maximum atomic E-state index is 12.7. The lowest BCUT2D eigenvalue weighted by molar-refractivity contribution is 0.0504. The number of aromatic nitrogens is 3. The summed E-state index contributed by atoms with van der Waals surface area (Å²) in [7, 11) is 0. The molecular formula is C20H21FN4S. The van der Waals surface area contributed by atoms with Crippen molar-refractivity contribution in [1.29, 1.82) is 0 Å². The molecule has 4 nitrogen and oxygen atoms in total. The predicted molar refractivity (Wildman–Crippen MR) is 102 cm³/mol. The third kappa shape index (κ3) is 2.87. The third-order valence-electron chi connectivity index (χ3n) is 5.72. The molecule has 0 aliphatic carbocycles. The number of rotatable bonds is 4. The molecule has 2 bridgehead atoms. The first kappa shape index (κ1) is 16.1. The summed E-state index contributed by atoms with van der Waals surface area (Å²) in [6.45, 7) is 3.15. The van der Waals surface area contributed by atoms with Crippen LogP contribution in [0, 0.1) is 5.92 Å². The minimum absolute atomic E-state index is 0.418. The number of hydrogen-bond donors (Lipinski definition) is 0. The zero-order valence-corrected chi connectivity index (χ0v) is 15.3. The van der Waals surface area contributed by atoms with E-state index in [0.29, 0.717) is 11.6 Å². The summed E-state index contributed by atoms with van der Waals surface area (Å²) in [6.07, 6.45) is 4.66. The maximum absolute atomic E-state index is 12.7. The monoisotopic (exact) mass is 368 g/mol. The van der Waals surface area contributed by atoms with Gasteiger partial charge in [0, 0.05) is 11.4 Å². The molecule has 1 aromatic carbocycles. The van der Waals surface area contributed by atoms with Gasteiger partial charge in [0.25, 0.3) is 0 Å². The van der Waals surface area contributed by atoms with Crippen LogP contribution in [0.1, 0.15) is 24.4 Å². The third-order valence-corrected chi connectivity index (χ3v) is 6.88. The molecule has 0 spiro atoms. The molecule has 3 aliphatic rings. The van der Waals surface area contributed by atoms with Gasteiger partial charge in [-0.3, -0.25) is 0 Å². The topological polar surface area (TPSA) is 34.0 Å². The van der Waals surface area contributed by atoms with Crippen LogP contribution >= 0.6 is 11.3 Å². The van der Waals surface area contributed by atoms with Crippen LogP contribution in [0.5, 0.6) is 0 Å². The summed E-state index contributed by atoms with van der Waals surface area (Å²) in [5.41, 5.74) is 2.77. The van der Waals surface area contributed by atoms with Gasteiger partial charge in [-0.1, -0.05) is 29.5 Å². The molecule has 0 N–H and O–H groups in total. The molecule has 1 atom stereocenters. The van der Waals surface area contributed by atoms with E-state index in [1.54, 1.807) is 11.3 Å². The van der Waals surface area contributed by atoms with Crippen LogP contribution in [0.15, 0.2) is 42.6 Å². The molecule has 3 fully saturated rings. The minimum atomic E-state index is -0.418. The van der Waals surface area contributed by atoms with Crippen LogP contribution in [-0.4, -0.2) is 39.5 Å². The first-order valence-corrected chi connectivity index (χ1v) is 10.0. The Labute approximate surface area is 156 Å². The van der Waals surface area contributed by atoms with E-state index < -0.39 is 6.67 Å². The van der Waals surface area contributed by atoms with E-state index >= 15 is 0 Å². The number of thiophene rings is 1. The first-order chi connectivity index (χ1) is 12.8. The summed E-state index contributed by atoms with van der Waals surface area (Å²) in [5, 5.41) is 8.88. The van der Waals surface area contributed by atoms with Crippen molar-refractivity contribution in [3.05, 3.63) is 48.2 Å². The lowest BCUT2D eigenvalue weighted by Crippen LogP contribution is -2.48. The normalized spacial score (nSPS) is 24.9. The molecule has 1 unspecified atom stereocenters. The van der Waals surface area contributed by atoms with E-state index in [2.05, 4.69) is 38.2 Å². The maximum Gasteiger partial charge on any atom is 0.123 e. The van der Waals surface area contributed by atoms with Gasteiger partial charge in [0.1, 0.15) is 12.4 Å². The molecule has 0 amide bonds. The smallest absolute Gasteiger partial charge is 0.123 e. The number of alkyl halides is 1. The summed E-state index contributed by atoms with van der Waals surface area (Å²) in [6, 6.07) is 12.3. The van der Waals surface area contributed by atoms with E-state index in [0.717, 1.165) is 28.6 Å². The Morgan fingerprint density at radius 1 is 1.04 bits per heavy atom. The first-order valence-electron chi connectivity index (χ1n) is 9.20.